The van der Waals surface area contributed by atoms with Gasteiger partial charge in [-0.15, -0.1) is 0 Å². The molecule has 0 fully saturated rings. The zero-order chi connectivity index (χ0) is 21.9. The van der Waals surface area contributed by atoms with Gasteiger partial charge in [-0.2, -0.15) is 0 Å². The number of urea groups is 1. The molecule has 0 spiro atoms. The number of halogens is 3. The van der Waals surface area contributed by atoms with Gasteiger partial charge in [-0.3, -0.25) is 0 Å². The Kier molecular flexibility index (Phi) is 7.73. The van der Waals surface area contributed by atoms with E-state index in [-0.39, 0.29) is 27.5 Å². The summed E-state index contributed by atoms with van der Waals surface area (Å²) in [5.41, 5.74) is 6.46. The van der Waals surface area contributed by atoms with Gasteiger partial charge in [0.1, 0.15) is 0 Å². The second-order valence-electron chi connectivity index (χ2n) is 6.31. The molecule has 0 saturated carbocycles. The number of allylic oxidation sites excluding steroid dienone is 1. The molecule has 0 atom stereocenters. The summed E-state index contributed by atoms with van der Waals surface area (Å²) < 4.78 is 8.79. The Balaban J connectivity index is 2.34. The van der Waals surface area contributed by atoms with Crippen LogP contribution in [0.5, 0.6) is 5.75 Å². The Morgan fingerprint density at radius 2 is 1.90 bits per heavy atom. The normalized spacial score (nSPS) is 15.3. The summed E-state index contributed by atoms with van der Waals surface area (Å²) in [6.45, 7) is 7.38. The van der Waals surface area contributed by atoms with Crippen LogP contribution in [-0.4, -0.2) is 28.0 Å². The summed E-state index contributed by atoms with van der Waals surface area (Å²) in [6.07, 6.45) is 1.43. The van der Waals surface area contributed by atoms with Crippen molar-refractivity contribution >= 4 is 46.6 Å². The first kappa shape index (κ1) is 23.2. The number of carbonyl (C=O) groups is 3. The first-order valence-electron chi connectivity index (χ1n) is 8.31. The molecule has 0 saturated heterocycles. The zero-order valence-electron chi connectivity index (χ0n) is 15.9. The number of nitrogens with one attached hydrogen (secondary N) is 1. The minimum absolute atomic E-state index is 0.119. The molecule has 2 rings (SSSR count). The average molecular weight is 551 g/mol. The van der Waals surface area contributed by atoms with Crippen LogP contribution in [0.25, 0.3) is 5.57 Å². The van der Waals surface area contributed by atoms with Crippen LogP contribution in [-0.2, 0) is 9.59 Å². The quantitative estimate of drug-likeness (QED) is 0.177. The number of rotatable bonds is 6. The predicted octanol–water partition coefficient (Wildman–Crippen LogP) is 0.480. The molecule has 0 bridgehead atoms. The van der Waals surface area contributed by atoms with Crippen molar-refractivity contribution in [1.82, 2.24) is 8.43 Å². The molecule has 1 aromatic carbocycles. The number of ether oxygens (including phenoxy) is 1. The number of benzene rings is 1. The molecular weight excluding hydrogens is 532 g/mol. The van der Waals surface area contributed by atoms with E-state index in [4.69, 9.17) is 33.7 Å². The average Bonchev–Trinajstić information content (AvgIpc) is 2.73. The van der Waals surface area contributed by atoms with E-state index in [9.17, 15) is 14.4 Å². The molecule has 3 N–H and O–H groups in total. The minimum atomic E-state index is -0.819. The van der Waals surface area contributed by atoms with Crippen molar-refractivity contribution in [3.63, 3.8) is 0 Å². The third kappa shape index (κ3) is 5.74. The third-order valence-electron chi connectivity index (χ3n) is 3.81. The number of imide groups is 1. The zero-order valence-corrected chi connectivity index (χ0v) is 19.6. The fraction of sp³-hybridized carbons (Fsp3) is 0.211. The second-order valence-corrected chi connectivity index (χ2v) is 9.75. The second kappa shape index (κ2) is 9.64. The molecule has 1 aromatic rings. The Morgan fingerprint density at radius 3 is 2.41 bits per heavy atom. The molecule has 29 heavy (non-hydrogen) atoms. The number of primary amides is 1. The van der Waals surface area contributed by atoms with Gasteiger partial charge in [-0.05, 0) is 0 Å². The summed E-state index contributed by atoms with van der Waals surface area (Å²) in [4.78, 5) is 35.6. The topological polar surface area (TPSA) is 102 Å². The molecule has 1 aliphatic rings. The molecule has 7 nitrogen and oxygen atoms in total. The van der Waals surface area contributed by atoms with E-state index in [2.05, 4.69) is 11.9 Å². The van der Waals surface area contributed by atoms with E-state index < -0.39 is 39.3 Å². The summed E-state index contributed by atoms with van der Waals surface area (Å²) in [5.74, 6) is -0.968. The summed E-state index contributed by atoms with van der Waals surface area (Å²) >= 11 is 11.8. The van der Waals surface area contributed by atoms with E-state index in [1.54, 1.807) is 11.1 Å². The van der Waals surface area contributed by atoms with Gasteiger partial charge in [-0.1, -0.05) is 0 Å². The summed E-state index contributed by atoms with van der Waals surface area (Å²) in [7, 11) is 1.61. The number of amides is 4. The van der Waals surface area contributed by atoms with Crippen LogP contribution in [0.4, 0.5) is 4.79 Å². The standard InChI is InChI=1S/C19H19Cl2IN3O4/c1-9(2)12(17(23)26)5-10(3)29-16-14(20)6-11(7-15(16)21)13-8-22-25(4)19(28)24-18(13)27/h5-9H,3H2,1-2,4H3,(H2,23,26)(H,24,27,28)/q-1/b12-5-. The number of hydrogen-bond acceptors (Lipinski definition) is 4. The molecule has 1 aliphatic heterocycles. The van der Waals surface area contributed by atoms with E-state index in [0.29, 0.717) is 16.7 Å². The summed E-state index contributed by atoms with van der Waals surface area (Å²) in [5, 5.41) is 2.58. The van der Waals surface area contributed by atoms with Crippen molar-refractivity contribution in [1.29, 1.82) is 0 Å². The Morgan fingerprint density at radius 1 is 1.31 bits per heavy atom. The molecular formula is C19H19Cl2IN3O4-. The van der Waals surface area contributed by atoms with Crippen LogP contribution < -0.4 is 37.3 Å². The van der Waals surface area contributed by atoms with Crippen LogP contribution in [0.2, 0.25) is 10.0 Å². The molecule has 156 valence electrons. The molecule has 0 radical (unpaired) electrons. The molecule has 0 aliphatic carbocycles. The monoisotopic (exact) mass is 550 g/mol. The van der Waals surface area contributed by atoms with Gasteiger partial charge in [0.2, 0.25) is 0 Å². The maximum atomic E-state index is 12.3. The fourth-order valence-corrected chi connectivity index (χ4v) is 4.60. The first-order chi connectivity index (χ1) is 13.5. The molecule has 0 aromatic heterocycles. The molecule has 1 heterocycles. The van der Waals surface area contributed by atoms with Gasteiger partial charge in [0.25, 0.3) is 0 Å². The van der Waals surface area contributed by atoms with Crippen molar-refractivity contribution in [2.75, 3.05) is 7.05 Å². The molecule has 0 unspecified atom stereocenters. The van der Waals surface area contributed by atoms with Crippen molar-refractivity contribution in [2.45, 2.75) is 13.8 Å². The van der Waals surface area contributed by atoms with E-state index in [0.717, 1.165) is 0 Å². The van der Waals surface area contributed by atoms with Crippen molar-refractivity contribution in [3.8, 4) is 5.75 Å². The van der Waals surface area contributed by atoms with Gasteiger partial charge in [0, 0.05) is 0 Å². The van der Waals surface area contributed by atoms with Gasteiger partial charge in [-0.25, -0.2) is 0 Å². The van der Waals surface area contributed by atoms with Crippen LogP contribution in [0, 0.1) is 5.92 Å². The third-order valence-corrected chi connectivity index (χ3v) is 6.55. The van der Waals surface area contributed by atoms with Crippen LogP contribution in [0.3, 0.4) is 0 Å². The Hall–Kier alpha value is -2.04. The van der Waals surface area contributed by atoms with E-state index >= 15 is 0 Å². The van der Waals surface area contributed by atoms with Crippen LogP contribution in [0.1, 0.15) is 19.4 Å². The van der Waals surface area contributed by atoms with Crippen molar-refractivity contribution in [3.05, 3.63) is 55.8 Å². The maximum absolute atomic E-state index is 12.3. The Labute approximate surface area is 189 Å². The van der Waals surface area contributed by atoms with Crippen LogP contribution >= 0.6 is 23.2 Å². The van der Waals surface area contributed by atoms with Crippen LogP contribution in [0.15, 0.2) is 40.2 Å². The van der Waals surface area contributed by atoms with Gasteiger partial charge in [0.05, 0.1) is 0 Å². The predicted molar refractivity (Wildman–Crippen MR) is 108 cm³/mol. The molecule has 4 amide bonds. The van der Waals surface area contributed by atoms with Gasteiger partial charge >= 0.3 is 190 Å². The van der Waals surface area contributed by atoms with Crippen molar-refractivity contribution in [2.24, 2.45) is 11.7 Å². The SMILES string of the molecule is C=C(/C=C(\C(N)=O)C(C)C)Oc1c(Cl)cc(C2=C[I-]N(C)C(=O)NC2=O)cc1Cl. The fourth-order valence-electron chi connectivity index (χ4n) is 2.32. The van der Waals surface area contributed by atoms with E-state index in [1.165, 1.54) is 21.3 Å². The molecule has 10 heteroatoms. The van der Waals surface area contributed by atoms with E-state index in [1.807, 2.05) is 13.8 Å². The number of hydrogen-bond donors (Lipinski definition) is 2. The van der Waals surface area contributed by atoms with Gasteiger partial charge < -0.3 is 0 Å². The summed E-state index contributed by atoms with van der Waals surface area (Å²) in [6, 6.07) is 2.58. The number of carbonyl (C=O) groups excluding carboxylic acids is 3. The number of nitrogens with two attached hydrogens (primary N) is 1. The Bertz CT molecular complexity index is 934. The van der Waals surface area contributed by atoms with Gasteiger partial charge in [0.15, 0.2) is 0 Å². The number of nitrogens with zero attached hydrogens (tertiary/aromatic N) is 1. The first-order valence-corrected chi connectivity index (χ1v) is 11.3. The van der Waals surface area contributed by atoms with Crippen molar-refractivity contribution < 1.29 is 40.6 Å².